The summed E-state index contributed by atoms with van der Waals surface area (Å²) in [4.78, 5) is 38.7. The molecule has 0 bridgehead atoms. The van der Waals surface area contributed by atoms with Crippen molar-refractivity contribution in [1.29, 1.82) is 0 Å². The van der Waals surface area contributed by atoms with E-state index >= 15 is 0 Å². The van der Waals surface area contributed by atoms with Gasteiger partial charge >= 0.3 is 17.8 Å². The molecule has 1 aromatic carbocycles. The summed E-state index contributed by atoms with van der Waals surface area (Å²) in [6.07, 6.45) is 0.840. The number of fused-ring (bicyclic) bond motifs is 1. The van der Waals surface area contributed by atoms with E-state index in [0.717, 1.165) is 28.3 Å². The van der Waals surface area contributed by atoms with Gasteiger partial charge in [-0.3, -0.25) is 19.7 Å². The minimum Gasteiger partial charge on any atom is -0.465 e. The Kier molecular flexibility index (Phi) is 5.69. The lowest BCUT2D eigenvalue weighted by Gasteiger charge is -2.05. The Bertz CT molecular complexity index is 1120. The van der Waals surface area contributed by atoms with Gasteiger partial charge in [-0.25, -0.2) is 0 Å². The molecule has 0 aliphatic carbocycles. The van der Waals surface area contributed by atoms with Gasteiger partial charge in [0.15, 0.2) is 4.80 Å². The number of ether oxygens (including phenoxy) is 1. The molecule has 2 heterocycles. The predicted octanol–water partition coefficient (Wildman–Crippen LogP) is 3.07. The molecule has 3 rings (SSSR count). The Morgan fingerprint density at radius 2 is 2.07 bits per heavy atom. The Labute approximate surface area is 163 Å². The number of hydrogen-bond acceptors (Lipinski definition) is 7. The molecule has 0 saturated carbocycles. The second-order valence-corrected chi connectivity index (χ2v) is 6.75. The molecular weight excluding hydrogens is 386 g/mol. The van der Waals surface area contributed by atoms with Crippen molar-refractivity contribution in [3.05, 3.63) is 56.6 Å². The minimum atomic E-state index is -0.770. The molecular formula is C18H17N3O6S. The smallest absolute Gasteiger partial charge is 0.433 e. The second-order valence-electron chi connectivity index (χ2n) is 5.74. The van der Waals surface area contributed by atoms with Crippen molar-refractivity contribution in [1.82, 2.24) is 4.57 Å². The first-order chi connectivity index (χ1) is 13.4. The largest absolute Gasteiger partial charge is 0.465 e. The van der Waals surface area contributed by atoms with Crippen molar-refractivity contribution < 1.29 is 23.7 Å². The molecule has 1 amide bonds. The summed E-state index contributed by atoms with van der Waals surface area (Å²) in [7, 11) is 0. The van der Waals surface area contributed by atoms with E-state index in [4.69, 9.17) is 9.15 Å². The van der Waals surface area contributed by atoms with Crippen LogP contribution in [0.2, 0.25) is 0 Å². The molecule has 0 unspecified atom stereocenters. The van der Waals surface area contributed by atoms with Crippen molar-refractivity contribution in [3.8, 4) is 0 Å². The van der Waals surface area contributed by atoms with Crippen LogP contribution in [-0.2, 0) is 22.5 Å². The number of aryl methyl sites for hydroxylation is 1. The number of carbonyl (C=O) groups is 2. The standard InChI is InChI=1S/C18H17N3O6S/c1-3-11-5-6-12-14(9-11)28-18(20(12)10-16(22)26-4-2)19-17(23)13-7-8-15(27-13)21(24)25/h5-9H,3-4,10H2,1-2H3. The van der Waals surface area contributed by atoms with Crippen LogP contribution in [0.1, 0.15) is 30.0 Å². The topological polar surface area (TPSA) is 117 Å². The van der Waals surface area contributed by atoms with Gasteiger partial charge in [-0.05, 0) is 37.1 Å². The zero-order valence-corrected chi connectivity index (χ0v) is 16.0. The molecule has 0 aliphatic rings. The number of nitrogens with zero attached hydrogens (tertiary/aromatic N) is 3. The number of amides is 1. The number of hydrogen-bond donors (Lipinski definition) is 0. The van der Waals surface area contributed by atoms with Crippen LogP contribution in [-0.4, -0.2) is 28.0 Å². The lowest BCUT2D eigenvalue weighted by molar-refractivity contribution is -0.402. The SMILES string of the molecule is CCOC(=O)Cn1c(=NC(=O)c2ccc([N+](=O)[O-])o2)sc2cc(CC)ccc21. The number of benzene rings is 1. The molecule has 10 heteroatoms. The van der Waals surface area contributed by atoms with Gasteiger partial charge in [0, 0.05) is 0 Å². The number of nitro groups is 1. The Hall–Kier alpha value is -3.27. The van der Waals surface area contributed by atoms with Crippen molar-refractivity contribution in [2.45, 2.75) is 26.8 Å². The molecule has 28 heavy (non-hydrogen) atoms. The molecule has 9 nitrogen and oxygen atoms in total. The number of esters is 1. The van der Waals surface area contributed by atoms with Crippen LogP contribution < -0.4 is 4.80 Å². The lowest BCUT2D eigenvalue weighted by atomic mass is 10.2. The number of carbonyl (C=O) groups excluding carboxylic acids is 2. The summed E-state index contributed by atoms with van der Waals surface area (Å²) in [5, 5.41) is 10.7. The Morgan fingerprint density at radius 1 is 1.29 bits per heavy atom. The average Bonchev–Trinajstić information content (AvgIpc) is 3.27. The fraction of sp³-hybridized carbons (Fsp3) is 0.278. The highest BCUT2D eigenvalue weighted by atomic mass is 32.1. The Morgan fingerprint density at radius 3 is 2.71 bits per heavy atom. The highest BCUT2D eigenvalue weighted by Gasteiger charge is 2.18. The maximum atomic E-state index is 12.4. The van der Waals surface area contributed by atoms with E-state index in [2.05, 4.69) is 4.99 Å². The number of furan rings is 1. The van der Waals surface area contributed by atoms with Crippen LogP contribution in [0.4, 0.5) is 5.88 Å². The first-order valence-electron chi connectivity index (χ1n) is 8.54. The molecule has 0 saturated heterocycles. The van der Waals surface area contributed by atoms with Gasteiger partial charge < -0.3 is 13.7 Å². The van der Waals surface area contributed by atoms with Gasteiger partial charge in [-0.15, -0.1) is 0 Å². The third-order valence-corrected chi connectivity index (χ3v) is 4.97. The van der Waals surface area contributed by atoms with Gasteiger partial charge in [-0.1, -0.05) is 24.3 Å². The van der Waals surface area contributed by atoms with Gasteiger partial charge in [0.25, 0.3) is 0 Å². The summed E-state index contributed by atoms with van der Waals surface area (Å²) in [6.45, 7) is 3.87. The summed E-state index contributed by atoms with van der Waals surface area (Å²) in [5.74, 6) is -2.01. The van der Waals surface area contributed by atoms with E-state index in [1.165, 1.54) is 17.4 Å². The summed E-state index contributed by atoms with van der Waals surface area (Å²) >= 11 is 1.24. The monoisotopic (exact) mass is 403 g/mol. The number of thiazole rings is 1. The highest BCUT2D eigenvalue weighted by Crippen LogP contribution is 2.21. The van der Waals surface area contributed by atoms with Crippen molar-refractivity contribution in [2.24, 2.45) is 4.99 Å². The van der Waals surface area contributed by atoms with Crippen molar-refractivity contribution in [3.63, 3.8) is 0 Å². The first kappa shape index (κ1) is 19.5. The van der Waals surface area contributed by atoms with Crippen molar-refractivity contribution >= 4 is 39.3 Å². The van der Waals surface area contributed by atoms with Gasteiger partial charge in [0.2, 0.25) is 5.76 Å². The highest BCUT2D eigenvalue weighted by molar-refractivity contribution is 7.16. The molecule has 0 atom stereocenters. The summed E-state index contributed by atoms with van der Waals surface area (Å²) in [6, 6.07) is 8.07. The zero-order chi connectivity index (χ0) is 20.3. The molecule has 0 fully saturated rings. The molecule has 0 N–H and O–H groups in total. The second kappa shape index (κ2) is 8.17. The van der Waals surface area contributed by atoms with Crippen LogP contribution in [0.15, 0.2) is 39.7 Å². The summed E-state index contributed by atoms with van der Waals surface area (Å²) in [5.41, 5.74) is 1.85. The maximum Gasteiger partial charge on any atom is 0.433 e. The van der Waals surface area contributed by atoms with E-state index in [0.29, 0.717) is 0 Å². The van der Waals surface area contributed by atoms with Crippen molar-refractivity contribution in [2.75, 3.05) is 6.61 Å². The quantitative estimate of drug-likeness (QED) is 0.355. The van der Waals surface area contributed by atoms with Crippen LogP contribution >= 0.6 is 11.3 Å². The Balaban J connectivity index is 2.08. The van der Waals surface area contributed by atoms with Gasteiger partial charge in [0.1, 0.15) is 11.5 Å². The molecule has 0 aliphatic heterocycles. The maximum absolute atomic E-state index is 12.4. The van der Waals surface area contributed by atoms with E-state index in [9.17, 15) is 19.7 Å². The normalized spacial score (nSPS) is 11.7. The van der Waals surface area contributed by atoms with E-state index < -0.39 is 22.7 Å². The van der Waals surface area contributed by atoms with Gasteiger partial charge in [-0.2, -0.15) is 4.99 Å². The predicted molar refractivity (Wildman–Crippen MR) is 101 cm³/mol. The minimum absolute atomic E-state index is 0.107. The van der Waals surface area contributed by atoms with Crippen LogP contribution in [0.5, 0.6) is 0 Å². The fourth-order valence-corrected chi connectivity index (χ4v) is 3.69. The molecule has 3 aromatic rings. The summed E-state index contributed by atoms with van der Waals surface area (Å²) < 4.78 is 12.4. The van der Waals surface area contributed by atoms with Gasteiger partial charge in [0.05, 0.1) is 22.9 Å². The molecule has 2 aromatic heterocycles. The molecule has 146 valence electrons. The van der Waals surface area contributed by atoms with Crippen LogP contribution in [0, 0.1) is 10.1 Å². The van der Waals surface area contributed by atoms with E-state index in [-0.39, 0.29) is 23.7 Å². The van der Waals surface area contributed by atoms with Crippen LogP contribution in [0.25, 0.3) is 10.2 Å². The first-order valence-corrected chi connectivity index (χ1v) is 9.35. The fourth-order valence-electron chi connectivity index (χ4n) is 2.59. The zero-order valence-electron chi connectivity index (χ0n) is 15.2. The lowest BCUT2D eigenvalue weighted by Crippen LogP contribution is -2.23. The van der Waals surface area contributed by atoms with E-state index in [1.54, 1.807) is 11.5 Å². The molecule has 0 spiro atoms. The van der Waals surface area contributed by atoms with Crippen LogP contribution in [0.3, 0.4) is 0 Å². The molecule has 0 radical (unpaired) electrons. The van der Waals surface area contributed by atoms with E-state index in [1.807, 2.05) is 25.1 Å². The average molecular weight is 403 g/mol. The third kappa shape index (κ3) is 4.01. The third-order valence-electron chi connectivity index (χ3n) is 3.93. The number of rotatable bonds is 6. The number of aromatic nitrogens is 1.